The zero-order chi connectivity index (χ0) is 12.8. The molecule has 92 valence electrons. The molecule has 0 saturated carbocycles. The third-order valence-corrected chi connectivity index (χ3v) is 2.74. The lowest BCUT2D eigenvalue weighted by Gasteiger charge is -2.07. The van der Waals surface area contributed by atoms with Crippen molar-refractivity contribution in [1.29, 1.82) is 0 Å². The van der Waals surface area contributed by atoms with Crippen molar-refractivity contribution in [2.75, 3.05) is 7.05 Å². The van der Waals surface area contributed by atoms with E-state index in [2.05, 4.69) is 35.1 Å². The molecule has 0 saturated heterocycles. The van der Waals surface area contributed by atoms with Gasteiger partial charge in [-0.1, -0.05) is 42.5 Å². The Hall–Kier alpha value is -2.07. The summed E-state index contributed by atoms with van der Waals surface area (Å²) in [5.41, 5.74) is 2.57. The molecular formula is C14H14N2OS. The first-order valence-corrected chi connectivity index (χ1v) is 6.00. The van der Waals surface area contributed by atoms with E-state index in [0.717, 1.165) is 5.75 Å². The van der Waals surface area contributed by atoms with Crippen molar-refractivity contribution in [3.05, 3.63) is 65.0 Å². The molecule has 4 heteroatoms. The number of hydrogen-bond acceptors (Lipinski definition) is 2. The fourth-order valence-corrected chi connectivity index (χ4v) is 1.35. The Kier molecular flexibility index (Phi) is 4.15. The molecule has 2 aliphatic carbocycles. The highest BCUT2D eigenvalue weighted by Gasteiger charge is 1.92. The largest absolute Gasteiger partial charge is 0.380 e. The molecule has 0 unspecified atom stereocenters. The predicted molar refractivity (Wildman–Crippen MR) is 76.0 cm³/mol. The molecule has 2 N–H and O–H groups in total. The Morgan fingerprint density at radius 2 is 1.50 bits per heavy atom. The van der Waals surface area contributed by atoms with E-state index >= 15 is 0 Å². The summed E-state index contributed by atoms with van der Waals surface area (Å²) in [6.45, 7) is 0. The van der Waals surface area contributed by atoms with Crippen molar-refractivity contribution >= 4 is 17.3 Å². The molecule has 3 nitrogen and oxygen atoms in total. The molecule has 2 aliphatic rings. The smallest absolute Gasteiger partial charge is 0.199 e. The average molecular weight is 258 g/mol. The van der Waals surface area contributed by atoms with Crippen molar-refractivity contribution in [3.8, 4) is 5.75 Å². The summed E-state index contributed by atoms with van der Waals surface area (Å²) >= 11 is 4.81. The van der Waals surface area contributed by atoms with Gasteiger partial charge in [0.25, 0.3) is 0 Å². The summed E-state index contributed by atoms with van der Waals surface area (Å²) in [6, 6.07) is 17.9. The Morgan fingerprint density at radius 3 is 1.89 bits per heavy atom. The summed E-state index contributed by atoms with van der Waals surface area (Å²) in [4.78, 5) is 5.10. The Bertz CT molecular complexity index is 563. The minimum atomic E-state index is 0.457. The molecule has 0 amide bonds. The SMILES string of the molecule is CNC(=S)NOc1ccccc1.c1cc2ccc1=2. The van der Waals surface area contributed by atoms with Crippen molar-refractivity contribution in [3.63, 3.8) is 0 Å². The maximum Gasteiger partial charge on any atom is 0.199 e. The molecule has 0 atom stereocenters. The van der Waals surface area contributed by atoms with Gasteiger partial charge in [-0.2, -0.15) is 5.48 Å². The Morgan fingerprint density at radius 1 is 0.944 bits per heavy atom. The van der Waals surface area contributed by atoms with Crippen LogP contribution in [0.15, 0.2) is 54.6 Å². The van der Waals surface area contributed by atoms with Gasteiger partial charge in [0.15, 0.2) is 10.9 Å². The highest BCUT2D eigenvalue weighted by Crippen LogP contribution is 2.06. The normalized spacial score (nSPS) is 9.61. The molecule has 3 rings (SSSR count). The number of benzene rings is 2. The molecule has 1 aromatic rings. The van der Waals surface area contributed by atoms with E-state index in [0.29, 0.717) is 5.11 Å². The summed E-state index contributed by atoms with van der Waals surface area (Å²) in [5, 5.41) is 6.04. The van der Waals surface area contributed by atoms with Crippen LogP contribution in [-0.4, -0.2) is 12.2 Å². The fraction of sp³-hybridized carbons (Fsp3) is 0.0714. The van der Waals surface area contributed by atoms with Crippen LogP contribution in [0, 0.1) is 10.4 Å². The van der Waals surface area contributed by atoms with Crippen LogP contribution in [0.5, 0.6) is 5.75 Å². The maximum atomic E-state index is 5.10. The average Bonchev–Trinajstić information content (AvgIpc) is 2.42. The fourth-order valence-electron chi connectivity index (χ4n) is 1.31. The quantitative estimate of drug-likeness (QED) is 0.546. The number of rotatable bonds is 2. The molecule has 0 heterocycles. The minimum Gasteiger partial charge on any atom is -0.380 e. The first-order valence-electron chi connectivity index (χ1n) is 5.59. The van der Waals surface area contributed by atoms with Crippen LogP contribution in [0.4, 0.5) is 0 Å². The van der Waals surface area contributed by atoms with Crippen LogP contribution in [-0.2, 0) is 0 Å². The van der Waals surface area contributed by atoms with Gasteiger partial charge in [-0.05, 0) is 34.8 Å². The molecule has 0 radical (unpaired) electrons. The number of para-hydroxylation sites is 1. The van der Waals surface area contributed by atoms with Crippen molar-refractivity contribution in [1.82, 2.24) is 10.8 Å². The number of hydrogen-bond donors (Lipinski definition) is 2. The van der Waals surface area contributed by atoms with Gasteiger partial charge in [-0.25, -0.2) is 0 Å². The molecule has 0 aliphatic heterocycles. The predicted octanol–water partition coefficient (Wildman–Crippen LogP) is 2.36. The van der Waals surface area contributed by atoms with E-state index in [-0.39, 0.29) is 0 Å². The highest BCUT2D eigenvalue weighted by molar-refractivity contribution is 7.80. The van der Waals surface area contributed by atoms with Crippen molar-refractivity contribution in [2.24, 2.45) is 0 Å². The van der Waals surface area contributed by atoms with Crippen LogP contribution in [0.25, 0.3) is 0 Å². The molecule has 0 fully saturated rings. The lowest BCUT2D eigenvalue weighted by molar-refractivity contribution is 0.261. The van der Waals surface area contributed by atoms with E-state index in [9.17, 15) is 0 Å². The second-order valence-electron chi connectivity index (χ2n) is 3.67. The van der Waals surface area contributed by atoms with Crippen LogP contribution in [0.2, 0.25) is 0 Å². The topological polar surface area (TPSA) is 33.3 Å². The van der Waals surface area contributed by atoms with Gasteiger partial charge in [0.05, 0.1) is 0 Å². The Labute approximate surface area is 111 Å². The maximum absolute atomic E-state index is 5.10. The standard InChI is InChI=1S/C8H10N2OS.C6H4/c1-9-8(12)10-11-7-5-3-2-4-6-7;1-2-6-4-3-5(1)6/h2-6H,1H3,(H2,9,10,12);1-4H. The van der Waals surface area contributed by atoms with E-state index < -0.39 is 0 Å². The second-order valence-corrected chi connectivity index (χ2v) is 4.08. The van der Waals surface area contributed by atoms with E-state index in [4.69, 9.17) is 17.1 Å². The lowest BCUT2D eigenvalue weighted by Crippen LogP contribution is -2.34. The monoisotopic (exact) mass is 258 g/mol. The first-order chi connectivity index (χ1) is 8.79. The second kappa shape index (κ2) is 6.02. The Balaban J connectivity index is 0.000000164. The van der Waals surface area contributed by atoms with E-state index in [1.807, 2.05) is 30.3 Å². The van der Waals surface area contributed by atoms with Crippen molar-refractivity contribution < 1.29 is 4.84 Å². The van der Waals surface area contributed by atoms with E-state index in [1.54, 1.807) is 7.05 Å². The van der Waals surface area contributed by atoms with Crippen LogP contribution >= 0.6 is 12.2 Å². The molecular weight excluding hydrogens is 244 g/mol. The number of thiocarbonyl (C=S) groups is 1. The van der Waals surface area contributed by atoms with Gasteiger partial charge >= 0.3 is 0 Å². The first kappa shape index (κ1) is 12.4. The summed E-state index contributed by atoms with van der Waals surface area (Å²) in [7, 11) is 1.73. The molecule has 18 heavy (non-hydrogen) atoms. The number of nitrogens with one attached hydrogen (secondary N) is 2. The van der Waals surface area contributed by atoms with Crippen molar-refractivity contribution in [2.45, 2.75) is 0 Å². The molecule has 0 aromatic heterocycles. The lowest BCUT2D eigenvalue weighted by atomic mass is 10.1. The molecule has 1 aromatic carbocycles. The van der Waals surface area contributed by atoms with Crippen LogP contribution in [0.1, 0.15) is 0 Å². The third-order valence-electron chi connectivity index (χ3n) is 2.45. The van der Waals surface area contributed by atoms with Gasteiger partial charge < -0.3 is 10.2 Å². The summed E-state index contributed by atoms with van der Waals surface area (Å²) < 4.78 is 0. The van der Waals surface area contributed by atoms with Gasteiger partial charge in [-0.3, -0.25) is 0 Å². The molecule has 0 spiro atoms. The highest BCUT2D eigenvalue weighted by atomic mass is 32.1. The minimum absolute atomic E-state index is 0.457. The van der Waals surface area contributed by atoms with Gasteiger partial charge in [0.2, 0.25) is 0 Å². The van der Waals surface area contributed by atoms with Gasteiger partial charge in [0, 0.05) is 7.05 Å². The summed E-state index contributed by atoms with van der Waals surface area (Å²) in [5.74, 6) is 0.732. The molecule has 0 bridgehead atoms. The van der Waals surface area contributed by atoms with Crippen LogP contribution < -0.4 is 15.6 Å². The van der Waals surface area contributed by atoms with Gasteiger partial charge in [0.1, 0.15) is 0 Å². The zero-order valence-electron chi connectivity index (χ0n) is 10.0. The van der Waals surface area contributed by atoms with Crippen LogP contribution in [0.3, 0.4) is 0 Å². The third kappa shape index (κ3) is 3.21. The number of hydroxylamine groups is 1. The summed E-state index contributed by atoms with van der Waals surface area (Å²) in [6.07, 6.45) is 0. The van der Waals surface area contributed by atoms with Gasteiger partial charge in [-0.15, -0.1) is 0 Å². The zero-order valence-corrected chi connectivity index (χ0v) is 10.8. The van der Waals surface area contributed by atoms with E-state index in [1.165, 1.54) is 10.4 Å².